The maximum absolute atomic E-state index is 15.3. The van der Waals surface area contributed by atoms with Gasteiger partial charge < -0.3 is 14.2 Å². The molecular formula is C32H29FN2O4. The van der Waals surface area contributed by atoms with E-state index in [1.165, 1.54) is 7.11 Å². The summed E-state index contributed by atoms with van der Waals surface area (Å²) in [7, 11) is 1.39. The Hall–Kier alpha value is -4.26. The van der Waals surface area contributed by atoms with Crippen molar-refractivity contribution in [2.24, 2.45) is 0 Å². The average molecular weight is 525 g/mol. The van der Waals surface area contributed by atoms with Gasteiger partial charge >= 0.3 is 5.97 Å². The number of fused-ring (bicyclic) bond motifs is 2. The molecule has 1 aliphatic heterocycles. The Morgan fingerprint density at radius 1 is 1.10 bits per heavy atom. The molecule has 3 aromatic carbocycles. The van der Waals surface area contributed by atoms with Gasteiger partial charge in [-0.2, -0.15) is 0 Å². The molecule has 2 aliphatic rings. The van der Waals surface area contributed by atoms with Crippen LogP contribution in [-0.2, 0) is 16.0 Å². The van der Waals surface area contributed by atoms with Gasteiger partial charge in [0.25, 0.3) is 0 Å². The van der Waals surface area contributed by atoms with E-state index < -0.39 is 6.10 Å². The fraction of sp³-hybridized carbons (Fsp3) is 0.281. The second-order valence-corrected chi connectivity index (χ2v) is 10.2. The highest BCUT2D eigenvalue weighted by atomic mass is 19.1. The van der Waals surface area contributed by atoms with Gasteiger partial charge in [0.1, 0.15) is 23.4 Å². The number of rotatable bonds is 6. The van der Waals surface area contributed by atoms with Crippen molar-refractivity contribution >= 4 is 5.97 Å². The SMILES string of the molecule is COC(=O)CC1COc2cc(O[C@@H]3CCc4c(-c5c(C)cc(-c6cnccn6)cc5C)ccc(F)c43)ccc21. The lowest BCUT2D eigenvalue weighted by Gasteiger charge is -2.19. The van der Waals surface area contributed by atoms with Crippen LogP contribution < -0.4 is 9.47 Å². The summed E-state index contributed by atoms with van der Waals surface area (Å²) in [5, 5.41) is 0. The third-order valence-corrected chi connectivity index (χ3v) is 7.73. The number of hydrogen-bond acceptors (Lipinski definition) is 6. The standard InChI is InChI=1S/C32H29FN2O4/c1-18-12-20(27-16-34-10-11-35-27)13-19(2)31(18)24-6-8-26(33)32-25(24)7-9-28(32)39-22-4-5-23-21(14-30(36)37-3)17-38-29(23)15-22/h4-6,8,10-13,15-16,21,28H,7,9,14,17H2,1-3H3/t21?,28-/m1/s1. The third-order valence-electron chi connectivity index (χ3n) is 7.73. The highest BCUT2D eigenvalue weighted by Crippen LogP contribution is 2.45. The van der Waals surface area contributed by atoms with Crippen LogP contribution in [0.15, 0.2) is 61.1 Å². The van der Waals surface area contributed by atoms with Gasteiger partial charge in [-0.3, -0.25) is 14.8 Å². The first-order valence-electron chi connectivity index (χ1n) is 13.1. The Balaban J connectivity index is 1.29. The molecule has 0 radical (unpaired) electrons. The predicted octanol–water partition coefficient (Wildman–Crippen LogP) is 6.67. The van der Waals surface area contributed by atoms with Crippen LogP contribution in [-0.4, -0.2) is 29.7 Å². The first kappa shape index (κ1) is 25.0. The molecule has 0 bridgehead atoms. The lowest BCUT2D eigenvalue weighted by molar-refractivity contribution is -0.141. The van der Waals surface area contributed by atoms with Crippen molar-refractivity contribution in [1.82, 2.24) is 9.97 Å². The molecular weight excluding hydrogens is 495 g/mol. The number of halogens is 1. The number of carbonyl (C=O) groups is 1. The van der Waals surface area contributed by atoms with Crippen molar-refractivity contribution in [3.05, 3.63) is 94.7 Å². The van der Waals surface area contributed by atoms with Crippen molar-refractivity contribution in [1.29, 1.82) is 0 Å². The van der Waals surface area contributed by atoms with Crippen molar-refractivity contribution in [2.75, 3.05) is 13.7 Å². The van der Waals surface area contributed by atoms with Gasteiger partial charge in [-0.1, -0.05) is 12.1 Å². The summed E-state index contributed by atoms with van der Waals surface area (Å²) < 4.78 is 32.3. The topological polar surface area (TPSA) is 70.5 Å². The molecule has 1 aliphatic carbocycles. The number of esters is 1. The fourth-order valence-corrected chi connectivity index (χ4v) is 5.96. The maximum Gasteiger partial charge on any atom is 0.306 e. The third kappa shape index (κ3) is 4.62. The molecule has 6 rings (SSSR count). The molecule has 0 saturated heterocycles. The van der Waals surface area contributed by atoms with Crippen molar-refractivity contribution in [3.8, 4) is 33.9 Å². The number of carbonyl (C=O) groups excluding carboxylic acids is 1. The minimum Gasteiger partial charge on any atom is -0.492 e. The van der Waals surface area contributed by atoms with E-state index in [-0.39, 0.29) is 24.1 Å². The molecule has 0 spiro atoms. The number of hydrogen-bond donors (Lipinski definition) is 0. The molecule has 198 valence electrons. The van der Waals surface area contributed by atoms with Gasteiger partial charge in [0.2, 0.25) is 0 Å². The first-order chi connectivity index (χ1) is 18.9. The zero-order chi connectivity index (χ0) is 27.1. The summed E-state index contributed by atoms with van der Waals surface area (Å²) in [6, 6.07) is 13.3. The van der Waals surface area contributed by atoms with Crippen LogP contribution in [0.1, 0.15) is 52.7 Å². The molecule has 1 unspecified atom stereocenters. The molecule has 0 N–H and O–H groups in total. The fourth-order valence-electron chi connectivity index (χ4n) is 5.96. The molecule has 1 aromatic heterocycles. The van der Waals surface area contributed by atoms with Gasteiger partial charge in [0, 0.05) is 41.1 Å². The van der Waals surface area contributed by atoms with Crippen LogP contribution in [0.5, 0.6) is 11.5 Å². The van der Waals surface area contributed by atoms with Crippen LogP contribution in [0.25, 0.3) is 22.4 Å². The van der Waals surface area contributed by atoms with Crippen molar-refractivity contribution in [3.63, 3.8) is 0 Å². The number of nitrogens with zero attached hydrogens (tertiary/aromatic N) is 2. The van der Waals surface area contributed by atoms with Crippen LogP contribution in [0.2, 0.25) is 0 Å². The minimum absolute atomic E-state index is 0.0412. The van der Waals surface area contributed by atoms with E-state index in [0.717, 1.165) is 51.1 Å². The van der Waals surface area contributed by atoms with Gasteiger partial charge in [-0.25, -0.2) is 4.39 Å². The van der Waals surface area contributed by atoms with Crippen LogP contribution >= 0.6 is 0 Å². The molecule has 2 heterocycles. The van der Waals surface area contributed by atoms with Crippen LogP contribution in [0, 0.1) is 19.7 Å². The Kier molecular flexibility index (Phi) is 6.51. The summed E-state index contributed by atoms with van der Waals surface area (Å²) in [5.74, 6) is 0.761. The predicted molar refractivity (Wildman–Crippen MR) is 145 cm³/mol. The highest BCUT2D eigenvalue weighted by molar-refractivity contribution is 5.79. The molecule has 6 nitrogen and oxygen atoms in total. The van der Waals surface area contributed by atoms with Gasteiger partial charge in [0.05, 0.1) is 32.0 Å². The Morgan fingerprint density at radius 3 is 2.67 bits per heavy atom. The van der Waals surface area contributed by atoms with Crippen molar-refractivity contribution < 1.29 is 23.4 Å². The molecule has 0 fully saturated rings. The number of methoxy groups -OCH3 is 1. The van der Waals surface area contributed by atoms with Crippen molar-refractivity contribution in [2.45, 2.75) is 45.1 Å². The lowest BCUT2D eigenvalue weighted by Crippen LogP contribution is -2.09. The number of ether oxygens (including phenoxy) is 3. The molecule has 0 saturated carbocycles. The number of aryl methyl sites for hydroxylation is 2. The molecule has 4 aromatic rings. The van der Waals surface area contributed by atoms with Crippen LogP contribution in [0.3, 0.4) is 0 Å². The molecule has 39 heavy (non-hydrogen) atoms. The Labute approximate surface area is 226 Å². The summed E-state index contributed by atoms with van der Waals surface area (Å²) in [4.78, 5) is 20.4. The average Bonchev–Trinajstić information content (AvgIpc) is 3.54. The maximum atomic E-state index is 15.3. The molecule has 0 amide bonds. The van der Waals surface area contributed by atoms with E-state index in [4.69, 9.17) is 14.2 Å². The normalized spacial score (nSPS) is 17.3. The van der Waals surface area contributed by atoms with E-state index in [1.807, 2.05) is 24.3 Å². The Morgan fingerprint density at radius 2 is 1.92 bits per heavy atom. The quantitative estimate of drug-likeness (QED) is 0.262. The van der Waals surface area contributed by atoms with E-state index in [0.29, 0.717) is 30.1 Å². The van der Waals surface area contributed by atoms with E-state index in [2.05, 4.69) is 35.9 Å². The zero-order valence-corrected chi connectivity index (χ0v) is 22.2. The van der Waals surface area contributed by atoms with E-state index in [9.17, 15) is 4.79 Å². The second-order valence-electron chi connectivity index (χ2n) is 10.2. The smallest absolute Gasteiger partial charge is 0.306 e. The molecule has 7 heteroatoms. The van der Waals surface area contributed by atoms with E-state index in [1.54, 1.807) is 24.7 Å². The second kappa shape index (κ2) is 10.1. The largest absolute Gasteiger partial charge is 0.492 e. The zero-order valence-electron chi connectivity index (χ0n) is 22.2. The molecule has 2 atom stereocenters. The monoisotopic (exact) mass is 524 g/mol. The van der Waals surface area contributed by atoms with Gasteiger partial charge in [-0.05, 0) is 78.8 Å². The van der Waals surface area contributed by atoms with Crippen LogP contribution in [0.4, 0.5) is 4.39 Å². The summed E-state index contributed by atoms with van der Waals surface area (Å²) in [6.07, 6.45) is 6.39. The summed E-state index contributed by atoms with van der Waals surface area (Å²) in [6.45, 7) is 4.59. The van der Waals surface area contributed by atoms with Gasteiger partial charge in [-0.15, -0.1) is 0 Å². The van der Waals surface area contributed by atoms with Gasteiger partial charge in [0.15, 0.2) is 0 Å². The lowest BCUT2D eigenvalue weighted by atomic mass is 9.88. The first-order valence-corrected chi connectivity index (χ1v) is 13.1. The Bertz CT molecular complexity index is 1550. The summed E-state index contributed by atoms with van der Waals surface area (Å²) >= 11 is 0. The number of aromatic nitrogens is 2. The van der Waals surface area contributed by atoms with E-state index >= 15 is 4.39 Å². The highest BCUT2D eigenvalue weighted by Gasteiger charge is 2.32. The summed E-state index contributed by atoms with van der Waals surface area (Å²) in [5.41, 5.74) is 8.77. The number of benzene rings is 3. The minimum atomic E-state index is -0.398.